The van der Waals surface area contributed by atoms with Crippen molar-refractivity contribution in [1.29, 1.82) is 0 Å². The van der Waals surface area contributed by atoms with Crippen molar-refractivity contribution in [1.82, 2.24) is 10.6 Å². The van der Waals surface area contributed by atoms with Crippen LogP contribution in [0.25, 0.3) is 0 Å². The molecule has 0 spiro atoms. The monoisotopic (exact) mass is 190 g/mol. The maximum atomic E-state index is 5.03. The van der Waals surface area contributed by atoms with Gasteiger partial charge in [0.15, 0.2) is 0 Å². The summed E-state index contributed by atoms with van der Waals surface area (Å²) in [4.78, 5) is 0. The predicted molar refractivity (Wildman–Crippen MR) is 53.6 cm³/mol. The highest BCUT2D eigenvalue weighted by atomic mass is 32.2. The molecular formula is C8H18N2OS. The summed E-state index contributed by atoms with van der Waals surface area (Å²) < 4.78 is 5.03. The maximum absolute atomic E-state index is 5.03. The number of thioether (sulfide) groups is 1. The zero-order valence-corrected chi connectivity index (χ0v) is 8.29. The molecule has 2 aliphatic rings. The normalized spacial score (nSPS) is 24.0. The van der Waals surface area contributed by atoms with Crippen molar-refractivity contribution in [2.24, 2.45) is 0 Å². The Morgan fingerprint density at radius 2 is 1.67 bits per heavy atom. The van der Waals surface area contributed by atoms with Crippen molar-refractivity contribution < 1.29 is 4.74 Å². The minimum Gasteiger partial charge on any atom is -0.371 e. The van der Waals surface area contributed by atoms with Gasteiger partial charge in [0.05, 0.1) is 5.94 Å². The zero-order chi connectivity index (χ0) is 8.49. The Hall–Kier alpha value is 0.230. The molecule has 2 rings (SSSR count). The minimum atomic E-state index is 0.917. The molecule has 0 aliphatic carbocycles. The Morgan fingerprint density at radius 3 is 1.83 bits per heavy atom. The third kappa shape index (κ3) is 5.83. The second-order valence-corrected chi connectivity index (χ2v) is 3.84. The van der Waals surface area contributed by atoms with Gasteiger partial charge in [-0.25, -0.2) is 0 Å². The van der Waals surface area contributed by atoms with E-state index in [1.165, 1.54) is 12.2 Å². The van der Waals surface area contributed by atoms with Crippen molar-refractivity contribution in [3.63, 3.8) is 0 Å². The number of piperazine rings is 1. The molecule has 3 nitrogen and oxygen atoms in total. The molecule has 0 aromatic rings. The molecule has 0 aromatic heterocycles. The molecular weight excluding hydrogens is 172 g/mol. The number of hydrogen-bond donors (Lipinski definition) is 2. The van der Waals surface area contributed by atoms with Gasteiger partial charge in [0, 0.05) is 32.8 Å². The fourth-order valence-corrected chi connectivity index (χ4v) is 1.72. The van der Waals surface area contributed by atoms with Gasteiger partial charge in [-0.05, 0) is 12.2 Å². The first-order valence-corrected chi connectivity index (χ1v) is 5.72. The van der Waals surface area contributed by atoms with Crippen LogP contribution in [0.5, 0.6) is 0 Å². The summed E-state index contributed by atoms with van der Waals surface area (Å²) >= 11 is 1.87. The molecule has 72 valence electrons. The first-order valence-electron chi connectivity index (χ1n) is 4.57. The molecule has 0 unspecified atom stereocenters. The average molecular weight is 190 g/mol. The summed E-state index contributed by atoms with van der Waals surface area (Å²) in [7, 11) is 0. The highest BCUT2D eigenvalue weighted by molar-refractivity contribution is 7.99. The standard InChI is InChI=1S/C4H10N2.C4H8OS/c1-2-6-4-3-5-1;1-2-5-4-6-3-1/h5-6H,1-4H2;1-4H2. The molecule has 2 fully saturated rings. The van der Waals surface area contributed by atoms with Crippen molar-refractivity contribution in [2.45, 2.75) is 6.42 Å². The SMILES string of the molecule is C1CNCCN1.C1COCSC1. The van der Waals surface area contributed by atoms with Gasteiger partial charge in [-0.1, -0.05) is 0 Å². The minimum absolute atomic E-state index is 0.917. The van der Waals surface area contributed by atoms with Gasteiger partial charge >= 0.3 is 0 Å². The maximum Gasteiger partial charge on any atom is 0.0920 e. The summed E-state index contributed by atoms with van der Waals surface area (Å²) in [5.74, 6) is 2.21. The molecule has 2 saturated heterocycles. The average Bonchev–Trinajstić information content (AvgIpc) is 2.24. The molecule has 2 N–H and O–H groups in total. The van der Waals surface area contributed by atoms with Crippen LogP contribution in [0.3, 0.4) is 0 Å². The Morgan fingerprint density at radius 1 is 1.00 bits per heavy atom. The summed E-state index contributed by atoms with van der Waals surface area (Å²) in [6.45, 7) is 5.53. The van der Waals surface area contributed by atoms with Crippen LogP contribution >= 0.6 is 11.8 Å². The highest BCUT2D eigenvalue weighted by Crippen LogP contribution is 2.07. The molecule has 2 heterocycles. The molecule has 0 atom stereocenters. The Kier molecular flexibility index (Phi) is 6.75. The van der Waals surface area contributed by atoms with E-state index in [-0.39, 0.29) is 0 Å². The first kappa shape index (κ1) is 10.3. The van der Waals surface area contributed by atoms with Gasteiger partial charge in [-0.15, -0.1) is 11.8 Å². The fraction of sp³-hybridized carbons (Fsp3) is 1.00. The molecule has 0 saturated carbocycles. The van der Waals surface area contributed by atoms with Gasteiger partial charge in [0.25, 0.3) is 0 Å². The van der Waals surface area contributed by atoms with Gasteiger partial charge in [0.2, 0.25) is 0 Å². The summed E-state index contributed by atoms with van der Waals surface area (Å²) in [5, 5.41) is 6.44. The largest absolute Gasteiger partial charge is 0.371 e. The van der Waals surface area contributed by atoms with Crippen LogP contribution in [-0.4, -0.2) is 44.5 Å². The van der Waals surface area contributed by atoms with E-state index in [9.17, 15) is 0 Å². The van der Waals surface area contributed by atoms with Crippen molar-refractivity contribution in [2.75, 3.05) is 44.5 Å². The van der Waals surface area contributed by atoms with E-state index in [1.807, 2.05) is 11.8 Å². The lowest BCUT2D eigenvalue weighted by molar-refractivity contribution is 0.176. The quantitative estimate of drug-likeness (QED) is 0.575. The second kappa shape index (κ2) is 7.86. The number of nitrogens with one attached hydrogen (secondary N) is 2. The summed E-state index contributed by atoms with van der Waals surface area (Å²) in [6.07, 6.45) is 1.24. The summed E-state index contributed by atoms with van der Waals surface area (Å²) in [6, 6.07) is 0. The van der Waals surface area contributed by atoms with Crippen molar-refractivity contribution in [3.05, 3.63) is 0 Å². The second-order valence-electron chi connectivity index (χ2n) is 2.79. The number of ether oxygens (including phenoxy) is 1. The van der Waals surface area contributed by atoms with Crippen molar-refractivity contribution >= 4 is 11.8 Å². The lowest BCUT2D eigenvalue weighted by atomic mass is 10.4. The highest BCUT2D eigenvalue weighted by Gasteiger charge is 1.95. The lowest BCUT2D eigenvalue weighted by Gasteiger charge is -2.11. The Labute approximate surface area is 78.6 Å². The van der Waals surface area contributed by atoms with Gasteiger partial charge in [-0.3, -0.25) is 0 Å². The molecule has 0 aromatic carbocycles. The van der Waals surface area contributed by atoms with Crippen molar-refractivity contribution in [3.8, 4) is 0 Å². The van der Waals surface area contributed by atoms with Crippen LogP contribution in [0.1, 0.15) is 6.42 Å². The van der Waals surface area contributed by atoms with Gasteiger partial charge in [-0.2, -0.15) is 0 Å². The first-order chi connectivity index (χ1) is 6.00. The van der Waals surface area contributed by atoms with E-state index in [0.717, 1.165) is 38.7 Å². The van der Waals surface area contributed by atoms with E-state index in [0.29, 0.717) is 0 Å². The van der Waals surface area contributed by atoms with Crippen LogP contribution in [0.15, 0.2) is 0 Å². The number of rotatable bonds is 0. The van der Waals surface area contributed by atoms with E-state index >= 15 is 0 Å². The molecule has 12 heavy (non-hydrogen) atoms. The van der Waals surface area contributed by atoms with Crippen LogP contribution in [0, 0.1) is 0 Å². The van der Waals surface area contributed by atoms with E-state index in [2.05, 4.69) is 10.6 Å². The van der Waals surface area contributed by atoms with Crippen LogP contribution in [0.2, 0.25) is 0 Å². The fourth-order valence-electron chi connectivity index (χ4n) is 1.04. The lowest BCUT2D eigenvalue weighted by Crippen LogP contribution is -2.39. The van der Waals surface area contributed by atoms with Crippen LogP contribution in [0.4, 0.5) is 0 Å². The molecule has 0 bridgehead atoms. The third-order valence-electron chi connectivity index (χ3n) is 1.70. The van der Waals surface area contributed by atoms with E-state index in [1.54, 1.807) is 0 Å². The predicted octanol–water partition coefficient (Wildman–Crippen LogP) is 0.277. The van der Waals surface area contributed by atoms with Gasteiger partial charge < -0.3 is 15.4 Å². The van der Waals surface area contributed by atoms with Crippen LogP contribution < -0.4 is 10.6 Å². The zero-order valence-electron chi connectivity index (χ0n) is 7.47. The third-order valence-corrected chi connectivity index (χ3v) is 2.61. The smallest absolute Gasteiger partial charge is 0.0920 e. The summed E-state index contributed by atoms with van der Waals surface area (Å²) in [5.41, 5.74) is 0. The molecule has 2 aliphatic heterocycles. The number of hydrogen-bond acceptors (Lipinski definition) is 4. The molecule has 0 amide bonds. The Balaban J connectivity index is 0.000000120. The van der Waals surface area contributed by atoms with E-state index < -0.39 is 0 Å². The molecule has 4 heteroatoms. The van der Waals surface area contributed by atoms with E-state index in [4.69, 9.17) is 4.74 Å². The Bertz CT molecular complexity index is 60.0. The van der Waals surface area contributed by atoms with Crippen LogP contribution in [-0.2, 0) is 4.74 Å². The van der Waals surface area contributed by atoms with Gasteiger partial charge in [0.1, 0.15) is 0 Å². The molecule has 0 radical (unpaired) electrons. The topological polar surface area (TPSA) is 33.3 Å².